The normalized spacial score (nSPS) is 10.9. The second kappa shape index (κ2) is 11.9. The van der Waals surface area contributed by atoms with E-state index in [9.17, 15) is 18.0 Å². The minimum Gasteiger partial charge on any atom is -0.495 e. The van der Waals surface area contributed by atoms with E-state index in [1.165, 1.54) is 46.6 Å². The van der Waals surface area contributed by atoms with Crippen LogP contribution in [0, 0.1) is 13.8 Å². The largest absolute Gasteiger partial charge is 0.495 e. The van der Waals surface area contributed by atoms with Crippen molar-refractivity contribution in [2.75, 3.05) is 44.6 Å². The fraction of sp³-hybridized carbons (Fsp3) is 0.259. The number of esters is 1. The fourth-order valence-electron chi connectivity index (χ4n) is 3.78. The molecule has 202 valence electrons. The van der Waals surface area contributed by atoms with Crippen LogP contribution in [0.15, 0.2) is 59.5 Å². The second-order valence-corrected chi connectivity index (χ2v) is 10.1. The van der Waals surface area contributed by atoms with Gasteiger partial charge in [-0.25, -0.2) is 13.2 Å². The molecule has 3 aromatic carbocycles. The van der Waals surface area contributed by atoms with E-state index < -0.39 is 28.4 Å². The van der Waals surface area contributed by atoms with Gasteiger partial charge in [0.15, 0.2) is 11.5 Å². The van der Waals surface area contributed by atoms with E-state index in [0.29, 0.717) is 5.56 Å². The standard InChI is InChI=1S/C27H30N2O8S/c1-17-8-7-9-19(12-17)29(38(32,33)25-13-18(2)10-11-22(25)34-3)16-26(30)28-21-15-24(36-5)23(35-4)14-20(21)27(31)37-6/h7-15H,16H2,1-6H3,(H,28,30). The highest BCUT2D eigenvalue weighted by molar-refractivity contribution is 7.93. The molecule has 0 aromatic heterocycles. The zero-order valence-corrected chi connectivity index (χ0v) is 22.8. The van der Waals surface area contributed by atoms with Crippen molar-refractivity contribution in [1.29, 1.82) is 0 Å². The molecule has 0 aliphatic carbocycles. The van der Waals surface area contributed by atoms with Gasteiger partial charge >= 0.3 is 5.97 Å². The molecule has 0 saturated heterocycles. The SMILES string of the molecule is COC(=O)c1cc(OC)c(OC)cc1NC(=O)CN(c1cccc(C)c1)S(=O)(=O)c1cc(C)ccc1OC. The Morgan fingerprint density at radius 1 is 0.816 bits per heavy atom. The molecule has 0 bridgehead atoms. The zero-order chi connectivity index (χ0) is 28.0. The topological polar surface area (TPSA) is 120 Å². The number of methoxy groups -OCH3 is 4. The number of amides is 1. The van der Waals surface area contributed by atoms with Crippen LogP contribution in [0.2, 0.25) is 0 Å². The molecule has 38 heavy (non-hydrogen) atoms. The summed E-state index contributed by atoms with van der Waals surface area (Å²) in [5.74, 6) is -0.793. The highest BCUT2D eigenvalue weighted by atomic mass is 32.2. The lowest BCUT2D eigenvalue weighted by Gasteiger charge is -2.25. The van der Waals surface area contributed by atoms with Gasteiger partial charge in [-0.1, -0.05) is 18.2 Å². The lowest BCUT2D eigenvalue weighted by atomic mass is 10.1. The number of nitrogens with zero attached hydrogens (tertiary/aromatic N) is 1. The number of sulfonamides is 1. The summed E-state index contributed by atoms with van der Waals surface area (Å²) in [5, 5.41) is 2.62. The Hall–Kier alpha value is -4.25. The van der Waals surface area contributed by atoms with Crippen LogP contribution in [-0.2, 0) is 19.6 Å². The van der Waals surface area contributed by atoms with Gasteiger partial charge in [-0.05, 0) is 49.2 Å². The van der Waals surface area contributed by atoms with Gasteiger partial charge in [0.2, 0.25) is 5.91 Å². The first-order chi connectivity index (χ1) is 18.0. The van der Waals surface area contributed by atoms with Crippen LogP contribution in [0.5, 0.6) is 17.2 Å². The Bertz CT molecular complexity index is 1450. The maximum Gasteiger partial charge on any atom is 0.340 e. The number of rotatable bonds is 10. The van der Waals surface area contributed by atoms with Crippen LogP contribution < -0.4 is 23.8 Å². The third kappa shape index (κ3) is 6.00. The molecular formula is C27H30N2O8S. The van der Waals surface area contributed by atoms with E-state index in [1.807, 2.05) is 13.0 Å². The molecule has 0 radical (unpaired) electrons. The Balaban J connectivity index is 2.08. The molecule has 0 spiro atoms. The van der Waals surface area contributed by atoms with Crippen molar-refractivity contribution in [3.05, 3.63) is 71.3 Å². The molecule has 0 atom stereocenters. The van der Waals surface area contributed by atoms with Gasteiger partial charge in [0.05, 0.1) is 45.4 Å². The maximum atomic E-state index is 13.9. The Labute approximate surface area is 222 Å². The van der Waals surface area contributed by atoms with E-state index in [1.54, 1.807) is 37.3 Å². The summed E-state index contributed by atoms with van der Waals surface area (Å²) < 4.78 is 49.5. The summed E-state index contributed by atoms with van der Waals surface area (Å²) in [4.78, 5) is 25.7. The van der Waals surface area contributed by atoms with E-state index in [0.717, 1.165) is 9.87 Å². The first-order valence-corrected chi connectivity index (χ1v) is 12.9. The Morgan fingerprint density at radius 3 is 2.05 bits per heavy atom. The van der Waals surface area contributed by atoms with Gasteiger partial charge in [0.1, 0.15) is 17.2 Å². The van der Waals surface area contributed by atoms with Crippen molar-refractivity contribution >= 4 is 33.3 Å². The Morgan fingerprint density at radius 2 is 1.45 bits per heavy atom. The van der Waals surface area contributed by atoms with Gasteiger partial charge in [-0.15, -0.1) is 0 Å². The third-order valence-electron chi connectivity index (χ3n) is 5.67. The number of hydrogen-bond donors (Lipinski definition) is 1. The molecule has 3 aromatic rings. The lowest BCUT2D eigenvalue weighted by Crippen LogP contribution is -2.38. The smallest absolute Gasteiger partial charge is 0.340 e. The Kier molecular flexibility index (Phi) is 8.84. The molecule has 0 saturated carbocycles. The van der Waals surface area contributed by atoms with Crippen LogP contribution in [0.3, 0.4) is 0 Å². The van der Waals surface area contributed by atoms with E-state index in [2.05, 4.69) is 5.32 Å². The number of nitrogens with one attached hydrogen (secondary N) is 1. The van der Waals surface area contributed by atoms with Crippen LogP contribution >= 0.6 is 0 Å². The van der Waals surface area contributed by atoms with Gasteiger partial charge in [0, 0.05) is 12.1 Å². The maximum absolute atomic E-state index is 13.9. The highest BCUT2D eigenvalue weighted by Gasteiger charge is 2.31. The predicted molar refractivity (Wildman–Crippen MR) is 143 cm³/mol. The van der Waals surface area contributed by atoms with Gasteiger partial charge in [-0.3, -0.25) is 9.10 Å². The van der Waals surface area contributed by atoms with Crippen LogP contribution in [0.25, 0.3) is 0 Å². The first kappa shape index (κ1) is 28.3. The third-order valence-corrected chi connectivity index (χ3v) is 7.46. The molecule has 1 N–H and O–H groups in total. The van der Waals surface area contributed by atoms with E-state index in [-0.39, 0.29) is 39.1 Å². The monoisotopic (exact) mass is 542 g/mol. The summed E-state index contributed by atoms with van der Waals surface area (Å²) in [7, 11) is 1.12. The number of hydrogen-bond acceptors (Lipinski definition) is 8. The van der Waals surface area contributed by atoms with Crippen molar-refractivity contribution < 1.29 is 37.0 Å². The summed E-state index contributed by atoms with van der Waals surface area (Å²) in [6.45, 7) is 2.97. The number of carbonyl (C=O) groups excluding carboxylic acids is 2. The molecule has 0 aliphatic rings. The molecule has 10 nitrogen and oxygen atoms in total. The van der Waals surface area contributed by atoms with Gasteiger partial charge in [-0.2, -0.15) is 0 Å². The molecule has 0 unspecified atom stereocenters. The summed E-state index contributed by atoms with van der Waals surface area (Å²) in [5.41, 5.74) is 1.85. The number of aryl methyl sites for hydroxylation is 2. The molecule has 1 amide bonds. The van der Waals surface area contributed by atoms with Crippen molar-refractivity contribution in [2.45, 2.75) is 18.7 Å². The van der Waals surface area contributed by atoms with Crippen LogP contribution in [0.1, 0.15) is 21.5 Å². The van der Waals surface area contributed by atoms with E-state index >= 15 is 0 Å². The predicted octanol–water partition coefficient (Wildman–Crippen LogP) is 3.95. The summed E-state index contributed by atoms with van der Waals surface area (Å²) in [6.07, 6.45) is 0. The van der Waals surface area contributed by atoms with Crippen molar-refractivity contribution in [1.82, 2.24) is 0 Å². The molecule has 0 aliphatic heterocycles. The average molecular weight is 543 g/mol. The van der Waals surface area contributed by atoms with Crippen molar-refractivity contribution in [3.63, 3.8) is 0 Å². The summed E-state index contributed by atoms with van der Waals surface area (Å²) >= 11 is 0. The zero-order valence-electron chi connectivity index (χ0n) is 22.0. The minimum atomic E-state index is -4.27. The number of carbonyl (C=O) groups is 2. The van der Waals surface area contributed by atoms with Crippen molar-refractivity contribution in [3.8, 4) is 17.2 Å². The van der Waals surface area contributed by atoms with Crippen molar-refractivity contribution in [2.24, 2.45) is 0 Å². The lowest BCUT2D eigenvalue weighted by molar-refractivity contribution is -0.114. The molecule has 3 rings (SSSR count). The number of benzene rings is 3. The molecule has 0 fully saturated rings. The van der Waals surface area contributed by atoms with E-state index in [4.69, 9.17) is 18.9 Å². The first-order valence-electron chi connectivity index (χ1n) is 11.4. The summed E-state index contributed by atoms with van der Waals surface area (Å²) in [6, 6.07) is 14.3. The quantitative estimate of drug-likeness (QED) is 0.383. The molecule has 11 heteroatoms. The second-order valence-electron chi connectivity index (χ2n) is 8.30. The number of ether oxygens (including phenoxy) is 4. The highest BCUT2D eigenvalue weighted by Crippen LogP contribution is 2.35. The van der Waals surface area contributed by atoms with Crippen LogP contribution in [0.4, 0.5) is 11.4 Å². The molecular weight excluding hydrogens is 512 g/mol. The van der Waals surface area contributed by atoms with Gasteiger partial charge < -0.3 is 24.3 Å². The molecule has 0 heterocycles. The fourth-order valence-corrected chi connectivity index (χ4v) is 5.44. The minimum absolute atomic E-state index is 0.00353. The average Bonchev–Trinajstić information content (AvgIpc) is 2.90. The number of anilines is 2. The van der Waals surface area contributed by atoms with Gasteiger partial charge in [0.25, 0.3) is 10.0 Å². The van der Waals surface area contributed by atoms with Crippen LogP contribution in [-0.4, -0.2) is 55.3 Å².